The zero-order chi connectivity index (χ0) is 21.0. The van der Waals surface area contributed by atoms with Gasteiger partial charge < -0.3 is 15.0 Å². The van der Waals surface area contributed by atoms with Gasteiger partial charge in [-0.15, -0.1) is 11.3 Å². The molecule has 1 aromatic carbocycles. The van der Waals surface area contributed by atoms with Crippen molar-refractivity contribution in [2.24, 2.45) is 11.8 Å². The number of amides is 2. The van der Waals surface area contributed by atoms with Crippen LogP contribution in [-0.4, -0.2) is 35.0 Å². The monoisotopic (exact) mass is 434 g/mol. The van der Waals surface area contributed by atoms with Crippen LogP contribution in [0.4, 0.5) is 13.2 Å². The molecule has 2 amide bonds. The summed E-state index contributed by atoms with van der Waals surface area (Å²) in [6.45, 7) is 0.347. The van der Waals surface area contributed by atoms with Crippen LogP contribution >= 0.6 is 11.3 Å². The quantitative estimate of drug-likeness (QED) is 0.737. The van der Waals surface area contributed by atoms with Gasteiger partial charge in [-0.25, -0.2) is 13.2 Å². The predicted molar refractivity (Wildman–Crippen MR) is 102 cm³/mol. The van der Waals surface area contributed by atoms with Crippen LogP contribution in [0.1, 0.15) is 10.4 Å². The molecule has 4 heterocycles. The summed E-state index contributed by atoms with van der Waals surface area (Å²) in [5.74, 6) is -5.35. The first-order chi connectivity index (χ1) is 14.4. The first-order valence-electron chi connectivity index (χ1n) is 9.47. The van der Waals surface area contributed by atoms with Crippen LogP contribution in [0.15, 0.2) is 41.8 Å². The molecule has 1 N–H and O–H groups in total. The number of carbonyl (C=O) groups is 2. The van der Waals surface area contributed by atoms with Crippen molar-refractivity contribution in [1.82, 2.24) is 10.2 Å². The Kier molecular flexibility index (Phi) is 4.48. The molecule has 4 atom stereocenters. The molecule has 1 spiro atoms. The fraction of sp³-hybridized carbons (Fsp3) is 0.333. The fourth-order valence-electron chi connectivity index (χ4n) is 4.64. The van der Waals surface area contributed by atoms with Gasteiger partial charge in [0.05, 0.1) is 31.0 Å². The van der Waals surface area contributed by atoms with Gasteiger partial charge in [0.1, 0.15) is 23.1 Å². The largest absolute Gasteiger partial charge is 0.360 e. The predicted octanol–water partition coefficient (Wildman–Crippen LogP) is 2.76. The number of hydrogen-bond acceptors (Lipinski definition) is 4. The summed E-state index contributed by atoms with van der Waals surface area (Å²) in [6, 6.07) is 4.97. The van der Waals surface area contributed by atoms with E-state index in [0.717, 1.165) is 4.88 Å². The van der Waals surface area contributed by atoms with E-state index in [4.69, 9.17) is 4.74 Å². The highest BCUT2D eigenvalue weighted by atomic mass is 32.1. The molecular weight excluding hydrogens is 417 g/mol. The van der Waals surface area contributed by atoms with E-state index >= 15 is 0 Å². The highest BCUT2D eigenvalue weighted by Crippen LogP contribution is 2.52. The van der Waals surface area contributed by atoms with Crippen molar-refractivity contribution in [3.63, 3.8) is 0 Å². The maximum Gasteiger partial charge on any atom is 0.230 e. The first kappa shape index (κ1) is 19.3. The molecule has 3 aliphatic heterocycles. The van der Waals surface area contributed by atoms with E-state index < -0.39 is 59.0 Å². The third kappa shape index (κ3) is 2.95. The first-order valence-corrected chi connectivity index (χ1v) is 10.4. The summed E-state index contributed by atoms with van der Waals surface area (Å²) in [5, 5.41) is 4.42. The number of carbonyl (C=O) groups excluding carboxylic acids is 2. The van der Waals surface area contributed by atoms with Gasteiger partial charge in [-0.3, -0.25) is 9.59 Å². The van der Waals surface area contributed by atoms with E-state index in [-0.39, 0.29) is 5.91 Å². The number of ether oxygens (including phenoxy) is 1. The summed E-state index contributed by atoms with van der Waals surface area (Å²) < 4.78 is 46.8. The molecule has 2 bridgehead atoms. The van der Waals surface area contributed by atoms with Gasteiger partial charge in [0.15, 0.2) is 0 Å². The molecule has 0 saturated carbocycles. The number of fused-ring (bicyclic) bond motifs is 1. The lowest BCUT2D eigenvalue weighted by molar-refractivity contribution is -0.137. The normalized spacial score (nSPS) is 29.0. The average Bonchev–Trinajstić information content (AvgIpc) is 3.44. The summed E-state index contributed by atoms with van der Waals surface area (Å²) in [4.78, 5) is 28.7. The summed E-state index contributed by atoms with van der Waals surface area (Å²) in [7, 11) is 0. The molecule has 2 unspecified atom stereocenters. The van der Waals surface area contributed by atoms with Crippen LogP contribution < -0.4 is 5.32 Å². The topological polar surface area (TPSA) is 58.6 Å². The van der Waals surface area contributed by atoms with Gasteiger partial charge in [0.2, 0.25) is 11.8 Å². The highest BCUT2D eigenvalue weighted by molar-refractivity contribution is 7.09. The molecule has 5 nitrogen and oxygen atoms in total. The van der Waals surface area contributed by atoms with Gasteiger partial charge in [0.25, 0.3) is 0 Å². The number of rotatable bonds is 5. The van der Waals surface area contributed by atoms with Gasteiger partial charge in [-0.05, 0) is 11.4 Å². The Morgan fingerprint density at radius 2 is 2.07 bits per heavy atom. The minimum atomic E-state index is -1.08. The molecule has 0 radical (unpaired) electrons. The Morgan fingerprint density at radius 1 is 1.30 bits per heavy atom. The summed E-state index contributed by atoms with van der Waals surface area (Å²) >= 11 is 1.54. The third-order valence-electron chi connectivity index (χ3n) is 5.95. The summed E-state index contributed by atoms with van der Waals surface area (Å²) in [5.41, 5.74) is -1.29. The Labute approximate surface area is 174 Å². The minimum absolute atomic E-state index is 0.172. The zero-order valence-electron chi connectivity index (χ0n) is 15.6. The molecule has 156 valence electrons. The van der Waals surface area contributed by atoms with Crippen molar-refractivity contribution < 1.29 is 27.5 Å². The van der Waals surface area contributed by atoms with Crippen molar-refractivity contribution >= 4 is 23.2 Å². The van der Waals surface area contributed by atoms with E-state index in [1.54, 1.807) is 22.3 Å². The van der Waals surface area contributed by atoms with Gasteiger partial charge in [-0.2, -0.15) is 0 Å². The van der Waals surface area contributed by atoms with Crippen LogP contribution in [0.3, 0.4) is 0 Å². The molecular formula is C21H17F3N2O3S. The SMILES string of the molecule is O=C(NCc1c(F)cc(F)cc1F)[C@@H]1C2C=CC3(CN(Cc4cccs4)C(=O)[C@H]13)O2. The number of halogens is 3. The number of nitrogens with zero attached hydrogens (tertiary/aromatic N) is 1. The second kappa shape index (κ2) is 6.95. The third-order valence-corrected chi connectivity index (χ3v) is 6.81. The fourth-order valence-corrected chi connectivity index (χ4v) is 5.36. The maximum absolute atomic E-state index is 13.9. The second-order valence-electron chi connectivity index (χ2n) is 7.74. The molecule has 3 aliphatic rings. The van der Waals surface area contributed by atoms with Crippen LogP contribution in [-0.2, 0) is 27.4 Å². The van der Waals surface area contributed by atoms with Crippen molar-refractivity contribution in [2.75, 3.05) is 6.54 Å². The number of nitrogens with one attached hydrogen (secondary N) is 1. The Hall–Kier alpha value is -2.65. The van der Waals surface area contributed by atoms with E-state index in [1.165, 1.54) is 0 Å². The van der Waals surface area contributed by atoms with Crippen molar-refractivity contribution in [3.8, 4) is 0 Å². The maximum atomic E-state index is 13.9. The van der Waals surface area contributed by atoms with Crippen molar-refractivity contribution in [3.05, 3.63) is 69.7 Å². The van der Waals surface area contributed by atoms with E-state index in [1.807, 2.05) is 23.6 Å². The minimum Gasteiger partial charge on any atom is -0.360 e. The smallest absolute Gasteiger partial charge is 0.230 e. The van der Waals surface area contributed by atoms with Crippen LogP contribution in [0, 0.1) is 29.3 Å². The highest BCUT2D eigenvalue weighted by Gasteiger charge is 2.66. The number of hydrogen-bond donors (Lipinski definition) is 1. The Bertz CT molecular complexity index is 1030. The molecule has 0 aliphatic carbocycles. The van der Waals surface area contributed by atoms with Crippen molar-refractivity contribution in [1.29, 1.82) is 0 Å². The van der Waals surface area contributed by atoms with Gasteiger partial charge in [-0.1, -0.05) is 18.2 Å². The van der Waals surface area contributed by atoms with Crippen LogP contribution in [0.25, 0.3) is 0 Å². The number of thiophene rings is 1. The average molecular weight is 434 g/mol. The number of likely N-dealkylation sites (tertiary alicyclic amines) is 1. The zero-order valence-corrected chi connectivity index (χ0v) is 16.4. The van der Waals surface area contributed by atoms with E-state index in [9.17, 15) is 22.8 Å². The Morgan fingerprint density at radius 3 is 2.77 bits per heavy atom. The lowest BCUT2D eigenvalue weighted by Gasteiger charge is -2.23. The van der Waals surface area contributed by atoms with Crippen LogP contribution in [0.2, 0.25) is 0 Å². The van der Waals surface area contributed by atoms with Crippen LogP contribution in [0.5, 0.6) is 0 Å². The molecule has 2 fully saturated rings. The molecule has 2 saturated heterocycles. The second-order valence-corrected chi connectivity index (χ2v) is 8.77. The lowest BCUT2D eigenvalue weighted by Crippen LogP contribution is -2.44. The number of benzene rings is 1. The summed E-state index contributed by atoms with van der Waals surface area (Å²) in [6.07, 6.45) is 3.05. The van der Waals surface area contributed by atoms with Gasteiger partial charge >= 0.3 is 0 Å². The Balaban J connectivity index is 1.33. The van der Waals surface area contributed by atoms with E-state index in [2.05, 4.69) is 5.32 Å². The molecule has 5 rings (SSSR count). The lowest BCUT2D eigenvalue weighted by atomic mass is 9.77. The molecule has 30 heavy (non-hydrogen) atoms. The molecule has 9 heteroatoms. The molecule has 2 aromatic rings. The standard InChI is InChI=1S/C21H17F3N2O3S/c22-11-6-14(23)13(15(24)7-11)8-25-19(27)17-16-3-4-21(29-16)10-26(20(28)18(17)21)9-12-2-1-5-30-12/h1-7,16-18H,8-10H2,(H,25,27)/t16?,17-,18+,21?/m1/s1. The molecule has 1 aromatic heterocycles. The van der Waals surface area contributed by atoms with Gasteiger partial charge in [0, 0.05) is 29.1 Å². The van der Waals surface area contributed by atoms with Crippen molar-refractivity contribution in [2.45, 2.75) is 24.8 Å². The van der Waals surface area contributed by atoms with E-state index in [0.29, 0.717) is 25.2 Å².